The fourth-order valence-electron chi connectivity index (χ4n) is 2.88. The third-order valence-electron chi connectivity index (χ3n) is 4.12. The lowest BCUT2D eigenvalue weighted by Crippen LogP contribution is -2.32. The van der Waals surface area contributed by atoms with Gasteiger partial charge in [0.1, 0.15) is 0 Å². The van der Waals surface area contributed by atoms with Gasteiger partial charge in [-0.2, -0.15) is 0 Å². The third-order valence-corrected chi connectivity index (χ3v) is 5.52. The van der Waals surface area contributed by atoms with Crippen LogP contribution in [0.3, 0.4) is 0 Å². The monoisotopic (exact) mass is 344 g/mol. The van der Waals surface area contributed by atoms with Gasteiger partial charge in [-0.1, -0.05) is 37.1 Å². The van der Waals surface area contributed by atoms with Gasteiger partial charge in [-0.3, -0.25) is 9.52 Å². The number of sulfonamides is 1. The highest BCUT2D eigenvalue weighted by molar-refractivity contribution is 7.92. The minimum absolute atomic E-state index is 0.164. The lowest BCUT2D eigenvalue weighted by Gasteiger charge is -2.13. The summed E-state index contributed by atoms with van der Waals surface area (Å²) in [5.41, 5.74) is 0.827. The number of nitrogens with one attached hydrogen (secondary N) is 2. The Morgan fingerprint density at radius 3 is 2.38 bits per heavy atom. The quantitative estimate of drug-likeness (QED) is 0.875. The molecule has 0 unspecified atom stereocenters. The fourth-order valence-corrected chi connectivity index (χ4v) is 3.95. The molecule has 0 radical (unpaired) electrons. The van der Waals surface area contributed by atoms with E-state index in [9.17, 15) is 13.2 Å². The summed E-state index contributed by atoms with van der Waals surface area (Å²) in [4.78, 5) is 12.5. The van der Waals surface area contributed by atoms with Gasteiger partial charge in [-0.15, -0.1) is 0 Å². The molecule has 1 fully saturated rings. The van der Waals surface area contributed by atoms with E-state index in [2.05, 4.69) is 10.0 Å². The van der Waals surface area contributed by atoms with Crippen molar-refractivity contribution in [2.45, 2.75) is 36.6 Å². The lowest BCUT2D eigenvalue weighted by molar-refractivity contribution is 0.0938. The molecule has 0 aromatic heterocycles. The van der Waals surface area contributed by atoms with Gasteiger partial charge in [-0.25, -0.2) is 8.42 Å². The number of carbonyl (C=O) groups is 1. The summed E-state index contributed by atoms with van der Waals surface area (Å²) in [5.74, 6) is -0.164. The second kappa shape index (κ2) is 7.05. The van der Waals surface area contributed by atoms with E-state index in [-0.39, 0.29) is 16.8 Å². The van der Waals surface area contributed by atoms with Gasteiger partial charge in [0.25, 0.3) is 15.9 Å². The Kier molecular flexibility index (Phi) is 4.85. The molecule has 2 aromatic rings. The average molecular weight is 344 g/mol. The zero-order valence-corrected chi connectivity index (χ0v) is 14.1. The van der Waals surface area contributed by atoms with E-state index in [1.54, 1.807) is 42.5 Å². The smallest absolute Gasteiger partial charge is 0.261 e. The summed E-state index contributed by atoms with van der Waals surface area (Å²) >= 11 is 0. The highest BCUT2D eigenvalue weighted by atomic mass is 32.2. The zero-order valence-electron chi connectivity index (χ0n) is 13.2. The van der Waals surface area contributed by atoms with Crippen LogP contribution in [0.1, 0.15) is 36.0 Å². The average Bonchev–Trinajstić information content (AvgIpc) is 3.08. The van der Waals surface area contributed by atoms with Gasteiger partial charge in [0.05, 0.1) is 4.90 Å². The van der Waals surface area contributed by atoms with Gasteiger partial charge in [0.15, 0.2) is 0 Å². The van der Waals surface area contributed by atoms with E-state index in [4.69, 9.17) is 0 Å². The molecule has 0 bridgehead atoms. The molecule has 0 heterocycles. The Hall–Kier alpha value is -2.34. The molecule has 0 aliphatic heterocycles. The van der Waals surface area contributed by atoms with Crippen LogP contribution in [0, 0.1) is 0 Å². The molecule has 1 aliphatic rings. The van der Waals surface area contributed by atoms with Gasteiger partial charge in [0.2, 0.25) is 0 Å². The van der Waals surface area contributed by atoms with Crippen molar-refractivity contribution in [1.29, 1.82) is 0 Å². The van der Waals surface area contributed by atoms with Crippen molar-refractivity contribution in [2.75, 3.05) is 4.72 Å². The van der Waals surface area contributed by atoms with E-state index >= 15 is 0 Å². The standard InChI is InChI=1S/C18H20N2O3S/c21-18(19-15-8-4-5-9-15)14-7-6-10-16(13-14)20-24(22,23)17-11-2-1-3-12-17/h1-3,6-7,10-13,15,20H,4-5,8-9H2,(H,19,21). The van der Waals surface area contributed by atoms with Crippen molar-refractivity contribution in [3.63, 3.8) is 0 Å². The molecule has 1 aliphatic carbocycles. The predicted octanol–water partition coefficient (Wildman–Crippen LogP) is 3.16. The molecule has 0 atom stereocenters. The van der Waals surface area contributed by atoms with Crippen LogP contribution >= 0.6 is 0 Å². The van der Waals surface area contributed by atoms with Crippen LogP contribution in [0.5, 0.6) is 0 Å². The summed E-state index contributed by atoms with van der Waals surface area (Å²) in [5, 5.41) is 3.00. The maximum absolute atomic E-state index is 12.3. The maximum atomic E-state index is 12.3. The van der Waals surface area contributed by atoms with Crippen molar-refractivity contribution >= 4 is 21.6 Å². The van der Waals surface area contributed by atoms with E-state index in [1.807, 2.05) is 0 Å². The lowest BCUT2D eigenvalue weighted by atomic mass is 10.1. The summed E-state index contributed by atoms with van der Waals surface area (Å²) in [7, 11) is -3.66. The first-order valence-corrected chi connectivity index (χ1v) is 9.52. The molecular weight excluding hydrogens is 324 g/mol. The van der Waals surface area contributed by atoms with Gasteiger partial charge >= 0.3 is 0 Å². The van der Waals surface area contributed by atoms with Crippen LogP contribution in [0.15, 0.2) is 59.5 Å². The van der Waals surface area contributed by atoms with Gasteiger partial charge < -0.3 is 5.32 Å². The zero-order chi connectivity index (χ0) is 17.0. The topological polar surface area (TPSA) is 75.3 Å². The third kappa shape index (κ3) is 3.94. The number of hydrogen-bond donors (Lipinski definition) is 2. The van der Waals surface area contributed by atoms with Crippen molar-refractivity contribution in [3.05, 3.63) is 60.2 Å². The van der Waals surface area contributed by atoms with Crippen molar-refractivity contribution in [2.24, 2.45) is 0 Å². The summed E-state index contributed by atoms with van der Waals surface area (Å²) < 4.78 is 27.2. The molecule has 1 amide bonds. The number of rotatable bonds is 5. The molecule has 1 saturated carbocycles. The first-order valence-electron chi connectivity index (χ1n) is 8.03. The first kappa shape index (κ1) is 16.5. The Morgan fingerprint density at radius 1 is 0.958 bits per heavy atom. The summed E-state index contributed by atoms with van der Waals surface area (Å²) in [6, 6.07) is 14.9. The predicted molar refractivity (Wildman–Crippen MR) is 93.4 cm³/mol. The van der Waals surface area contributed by atoms with E-state index in [1.165, 1.54) is 12.1 Å². The number of anilines is 1. The van der Waals surface area contributed by atoms with Crippen LogP contribution in [-0.2, 0) is 10.0 Å². The second-order valence-corrected chi connectivity index (χ2v) is 7.64. The van der Waals surface area contributed by atoms with Crippen molar-refractivity contribution < 1.29 is 13.2 Å². The summed E-state index contributed by atoms with van der Waals surface area (Å²) in [6.45, 7) is 0. The molecule has 126 valence electrons. The first-order chi connectivity index (χ1) is 11.5. The molecule has 6 heteroatoms. The number of benzene rings is 2. The SMILES string of the molecule is O=C(NC1CCCC1)c1cccc(NS(=O)(=O)c2ccccc2)c1. The van der Waals surface area contributed by atoms with Crippen LogP contribution < -0.4 is 10.0 Å². The van der Waals surface area contributed by atoms with Crippen LogP contribution in [0.4, 0.5) is 5.69 Å². The normalized spacial score (nSPS) is 15.2. The van der Waals surface area contributed by atoms with Crippen LogP contribution in [0.2, 0.25) is 0 Å². The Bertz CT molecular complexity index is 813. The number of amides is 1. The summed E-state index contributed by atoms with van der Waals surface area (Å²) in [6.07, 6.45) is 4.29. The van der Waals surface area contributed by atoms with Crippen molar-refractivity contribution in [3.8, 4) is 0 Å². The molecule has 5 nitrogen and oxygen atoms in total. The van der Waals surface area contributed by atoms with Crippen molar-refractivity contribution in [1.82, 2.24) is 5.32 Å². The van der Waals surface area contributed by atoms with E-state index in [0.29, 0.717) is 11.3 Å². The molecule has 2 aromatic carbocycles. The van der Waals surface area contributed by atoms with E-state index in [0.717, 1.165) is 25.7 Å². The second-order valence-electron chi connectivity index (χ2n) is 5.95. The molecule has 24 heavy (non-hydrogen) atoms. The van der Waals surface area contributed by atoms with Crippen LogP contribution in [0.25, 0.3) is 0 Å². The Balaban J connectivity index is 1.74. The number of hydrogen-bond acceptors (Lipinski definition) is 3. The highest BCUT2D eigenvalue weighted by Gasteiger charge is 2.19. The van der Waals surface area contributed by atoms with Crippen LogP contribution in [-0.4, -0.2) is 20.4 Å². The van der Waals surface area contributed by atoms with Gasteiger partial charge in [-0.05, 0) is 43.2 Å². The largest absolute Gasteiger partial charge is 0.349 e. The van der Waals surface area contributed by atoms with Gasteiger partial charge in [0, 0.05) is 17.3 Å². The molecule has 0 spiro atoms. The Morgan fingerprint density at radius 2 is 1.67 bits per heavy atom. The highest BCUT2D eigenvalue weighted by Crippen LogP contribution is 2.20. The molecular formula is C18H20N2O3S. The fraction of sp³-hybridized carbons (Fsp3) is 0.278. The van der Waals surface area contributed by atoms with E-state index < -0.39 is 10.0 Å². The molecule has 2 N–H and O–H groups in total. The Labute approximate surface area is 142 Å². The molecule has 3 rings (SSSR count). The molecule has 0 saturated heterocycles. The minimum Gasteiger partial charge on any atom is -0.349 e. The minimum atomic E-state index is -3.66. The maximum Gasteiger partial charge on any atom is 0.261 e. The number of carbonyl (C=O) groups excluding carboxylic acids is 1.